The summed E-state index contributed by atoms with van der Waals surface area (Å²) >= 11 is 0. The van der Waals surface area contributed by atoms with Gasteiger partial charge >= 0.3 is 0 Å². The predicted molar refractivity (Wildman–Crippen MR) is 98.4 cm³/mol. The van der Waals surface area contributed by atoms with E-state index in [2.05, 4.69) is 29.5 Å². The zero-order chi connectivity index (χ0) is 17.9. The van der Waals surface area contributed by atoms with E-state index in [4.69, 9.17) is 14.2 Å². The molecule has 0 aliphatic carbocycles. The number of rotatable bonds is 9. The van der Waals surface area contributed by atoms with Crippen LogP contribution in [0.2, 0.25) is 0 Å². The Bertz CT molecular complexity index is 505. The molecule has 0 unspecified atom stereocenters. The Morgan fingerprint density at radius 2 is 1.75 bits per heavy atom. The number of hydrogen-bond acceptors (Lipinski definition) is 4. The fourth-order valence-corrected chi connectivity index (χ4v) is 2.21. The molecule has 1 rings (SSSR count). The van der Waals surface area contributed by atoms with Crippen molar-refractivity contribution in [2.24, 2.45) is 10.9 Å². The third-order valence-corrected chi connectivity index (χ3v) is 3.51. The van der Waals surface area contributed by atoms with Crippen molar-refractivity contribution >= 4 is 5.96 Å². The Labute approximate surface area is 145 Å². The fourth-order valence-electron chi connectivity index (χ4n) is 2.21. The molecule has 0 saturated heterocycles. The molecular formula is C18H31N3O3. The van der Waals surface area contributed by atoms with Crippen LogP contribution in [-0.2, 0) is 6.54 Å². The first-order valence-corrected chi connectivity index (χ1v) is 8.37. The van der Waals surface area contributed by atoms with Gasteiger partial charge < -0.3 is 24.8 Å². The Hall–Kier alpha value is -2.11. The van der Waals surface area contributed by atoms with Crippen molar-refractivity contribution in [2.45, 2.75) is 33.7 Å². The first-order chi connectivity index (χ1) is 11.5. The highest BCUT2D eigenvalue weighted by Gasteiger charge is 2.14. The minimum Gasteiger partial charge on any atom is -0.493 e. The molecule has 0 aromatic heterocycles. The summed E-state index contributed by atoms with van der Waals surface area (Å²) in [6, 6.07) is 3.89. The van der Waals surface area contributed by atoms with Crippen molar-refractivity contribution in [3.63, 3.8) is 0 Å². The molecule has 0 amide bonds. The van der Waals surface area contributed by atoms with Crippen molar-refractivity contribution in [3.8, 4) is 17.2 Å². The second kappa shape index (κ2) is 10.6. The lowest BCUT2D eigenvalue weighted by Crippen LogP contribution is -2.37. The van der Waals surface area contributed by atoms with E-state index in [-0.39, 0.29) is 0 Å². The van der Waals surface area contributed by atoms with Crippen LogP contribution in [0.3, 0.4) is 0 Å². The molecule has 136 valence electrons. The quantitative estimate of drug-likeness (QED) is 0.536. The van der Waals surface area contributed by atoms with Gasteiger partial charge in [0.15, 0.2) is 17.5 Å². The number of nitrogens with zero attached hydrogens (tertiary/aromatic N) is 1. The van der Waals surface area contributed by atoms with Crippen molar-refractivity contribution in [3.05, 3.63) is 17.7 Å². The summed E-state index contributed by atoms with van der Waals surface area (Å²) in [5, 5.41) is 6.61. The standard InChI is InChI=1S/C18H31N3O3/c1-7-24-17-15(22-5)10-14(11-16(17)23-6)12-21-18(19-4)20-9-8-13(2)3/h10-11,13H,7-9,12H2,1-6H3,(H2,19,20,21). The summed E-state index contributed by atoms with van der Waals surface area (Å²) in [6.07, 6.45) is 1.10. The molecule has 0 aliphatic rings. The summed E-state index contributed by atoms with van der Waals surface area (Å²) in [5.41, 5.74) is 1.03. The van der Waals surface area contributed by atoms with E-state index < -0.39 is 0 Å². The highest BCUT2D eigenvalue weighted by atomic mass is 16.5. The van der Waals surface area contributed by atoms with Crippen LogP contribution in [0.15, 0.2) is 17.1 Å². The van der Waals surface area contributed by atoms with Crippen molar-refractivity contribution in [1.82, 2.24) is 10.6 Å². The summed E-state index contributed by atoms with van der Waals surface area (Å²) in [7, 11) is 5.02. The average Bonchev–Trinajstić information content (AvgIpc) is 2.58. The molecule has 0 saturated carbocycles. The van der Waals surface area contributed by atoms with Crippen LogP contribution in [0.25, 0.3) is 0 Å². The molecule has 2 N–H and O–H groups in total. The SMILES string of the molecule is CCOc1c(OC)cc(CNC(=NC)NCCC(C)C)cc1OC. The van der Waals surface area contributed by atoms with Gasteiger partial charge in [-0.05, 0) is 37.0 Å². The molecule has 0 fully saturated rings. The van der Waals surface area contributed by atoms with Crippen LogP contribution >= 0.6 is 0 Å². The molecular weight excluding hydrogens is 306 g/mol. The van der Waals surface area contributed by atoms with E-state index >= 15 is 0 Å². The fraction of sp³-hybridized carbons (Fsp3) is 0.611. The molecule has 24 heavy (non-hydrogen) atoms. The third-order valence-electron chi connectivity index (χ3n) is 3.51. The highest BCUT2D eigenvalue weighted by Crippen LogP contribution is 2.38. The van der Waals surface area contributed by atoms with Gasteiger partial charge in [-0.2, -0.15) is 0 Å². The van der Waals surface area contributed by atoms with Crippen LogP contribution in [0.4, 0.5) is 0 Å². The minimum atomic E-state index is 0.552. The average molecular weight is 337 g/mol. The van der Waals surface area contributed by atoms with Gasteiger partial charge in [0.1, 0.15) is 0 Å². The topological polar surface area (TPSA) is 64.1 Å². The molecule has 1 aromatic carbocycles. The van der Waals surface area contributed by atoms with E-state index in [0.717, 1.165) is 24.5 Å². The number of aliphatic imine (C=N–C) groups is 1. The van der Waals surface area contributed by atoms with Crippen LogP contribution in [0.1, 0.15) is 32.8 Å². The maximum absolute atomic E-state index is 5.62. The van der Waals surface area contributed by atoms with Crippen molar-refractivity contribution in [2.75, 3.05) is 34.4 Å². The van der Waals surface area contributed by atoms with Crippen LogP contribution < -0.4 is 24.8 Å². The molecule has 0 aliphatic heterocycles. The summed E-state index contributed by atoms with van der Waals surface area (Å²) in [5.74, 6) is 3.40. The van der Waals surface area contributed by atoms with Gasteiger partial charge in [-0.1, -0.05) is 13.8 Å². The monoisotopic (exact) mass is 337 g/mol. The van der Waals surface area contributed by atoms with Gasteiger partial charge in [0, 0.05) is 20.1 Å². The Morgan fingerprint density at radius 1 is 1.12 bits per heavy atom. The number of hydrogen-bond donors (Lipinski definition) is 2. The van der Waals surface area contributed by atoms with Crippen LogP contribution in [0, 0.1) is 5.92 Å². The van der Waals surface area contributed by atoms with E-state index in [1.165, 1.54) is 0 Å². The molecule has 0 heterocycles. The second-order valence-electron chi connectivity index (χ2n) is 5.80. The lowest BCUT2D eigenvalue weighted by molar-refractivity contribution is 0.288. The molecule has 0 atom stereocenters. The van der Waals surface area contributed by atoms with E-state index in [1.54, 1.807) is 21.3 Å². The normalized spacial score (nSPS) is 11.4. The molecule has 6 nitrogen and oxygen atoms in total. The first kappa shape index (κ1) is 19.9. The minimum absolute atomic E-state index is 0.552. The third kappa shape index (κ3) is 6.18. The van der Waals surface area contributed by atoms with Crippen molar-refractivity contribution < 1.29 is 14.2 Å². The first-order valence-electron chi connectivity index (χ1n) is 8.37. The van der Waals surface area contributed by atoms with Gasteiger partial charge in [0.2, 0.25) is 5.75 Å². The number of ether oxygens (including phenoxy) is 3. The predicted octanol–water partition coefficient (Wildman–Crippen LogP) is 2.81. The largest absolute Gasteiger partial charge is 0.493 e. The zero-order valence-corrected chi connectivity index (χ0v) is 15.7. The summed E-state index contributed by atoms with van der Waals surface area (Å²) in [6.45, 7) is 8.40. The molecule has 0 bridgehead atoms. The van der Waals surface area contributed by atoms with Gasteiger partial charge in [-0.15, -0.1) is 0 Å². The van der Waals surface area contributed by atoms with Crippen LogP contribution in [-0.4, -0.2) is 40.4 Å². The Kier molecular flexibility index (Phi) is 8.83. The Balaban J connectivity index is 2.76. The Morgan fingerprint density at radius 3 is 2.21 bits per heavy atom. The maximum Gasteiger partial charge on any atom is 0.203 e. The molecule has 1 aromatic rings. The summed E-state index contributed by atoms with van der Waals surface area (Å²) in [4.78, 5) is 4.24. The second-order valence-corrected chi connectivity index (χ2v) is 5.80. The number of guanidine groups is 1. The molecule has 0 radical (unpaired) electrons. The van der Waals surface area contributed by atoms with Gasteiger partial charge in [0.05, 0.1) is 20.8 Å². The lowest BCUT2D eigenvalue weighted by atomic mass is 10.1. The number of methoxy groups -OCH3 is 2. The van der Waals surface area contributed by atoms with Gasteiger partial charge in [-0.3, -0.25) is 4.99 Å². The number of nitrogens with one attached hydrogen (secondary N) is 2. The highest BCUT2D eigenvalue weighted by molar-refractivity contribution is 5.79. The maximum atomic E-state index is 5.62. The van der Waals surface area contributed by atoms with E-state index in [0.29, 0.717) is 36.3 Å². The van der Waals surface area contributed by atoms with E-state index in [9.17, 15) is 0 Å². The summed E-state index contributed by atoms with van der Waals surface area (Å²) < 4.78 is 16.5. The van der Waals surface area contributed by atoms with Crippen molar-refractivity contribution in [1.29, 1.82) is 0 Å². The molecule has 0 spiro atoms. The van der Waals surface area contributed by atoms with Gasteiger partial charge in [0.25, 0.3) is 0 Å². The lowest BCUT2D eigenvalue weighted by Gasteiger charge is -2.17. The number of benzene rings is 1. The molecule has 6 heteroatoms. The zero-order valence-electron chi connectivity index (χ0n) is 15.7. The van der Waals surface area contributed by atoms with Gasteiger partial charge in [-0.25, -0.2) is 0 Å². The smallest absolute Gasteiger partial charge is 0.203 e. The van der Waals surface area contributed by atoms with E-state index in [1.807, 2.05) is 19.1 Å². The van der Waals surface area contributed by atoms with Crippen LogP contribution in [0.5, 0.6) is 17.2 Å².